The van der Waals surface area contributed by atoms with Gasteiger partial charge in [0.2, 0.25) is 0 Å². The Morgan fingerprint density at radius 3 is 2.33 bits per heavy atom. The van der Waals surface area contributed by atoms with Gasteiger partial charge < -0.3 is 5.32 Å². The van der Waals surface area contributed by atoms with Crippen molar-refractivity contribution in [1.82, 2.24) is 0 Å². The number of nitrogens with one attached hydrogen (secondary N) is 1. The van der Waals surface area contributed by atoms with Gasteiger partial charge in [-0.25, -0.2) is 0 Å². The van der Waals surface area contributed by atoms with Crippen molar-refractivity contribution in [1.29, 1.82) is 0 Å². The zero-order chi connectivity index (χ0) is 12.5. The summed E-state index contributed by atoms with van der Waals surface area (Å²) >= 11 is 6.15. The van der Waals surface area contributed by atoms with Crippen molar-refractivity contribution in [2.24, 2.45) is 0 Å². The molecule has 0 unspecified atom stereocenters. The first-order valence-corrected chi connectivity index (χ1v) is 6.70. The summed E-state index contributed by atoms with van der Waals surface area (Å²) < 4.78 is 0. The van der Waals surface area contributed by atoms with Crippen molar-refractivity contribution < 1.29 is 0 Å². The summed E-state index contributed by atoms with van der Waals surface area (Å²) in [6.07, 6.45) is 2.20. The van der Waals surface area contributed by atoms with E-state index >= 15 is 0 Å². The van der Waals surface area contributed by atoms with Gasteiger partial charge in [0.15, 0.2) is 0 Å². The quantitative estimate of drug-likeness (QED) is 0.849. The van der Waals surface area contributed by atoms with Gasteiger partial charge in [0.25, 0.3) is 0 Å². The van der Waals surface area contributed by atoms with E-state index in [2.05, 4.69) is 42.6 Å². The standard InChI is InChI=1S/C16H16ClN/c1-11-15(17)7-4-8-16(11)18-14-9-12-5-2-3-6-13(12)10-14/h2-8,14,18H,9-10H2,1H3. The molecule has 2 aromatic carbocycles. The summed E-state index contributed by atoms with van der Waals surface area (Å²) in [6.45, 7) is 2.06. The molecule has 0 aliphatic heterocycles. The van der Waals surface area contributed by atoms with Crippen molar-refractivity contribution in [3.05, 3.63) is 64.2 Å². The van der Waals surface area contributed by atoms with Gasteiger partial charge in [0, 0.05) is 16.8 Å². The number of halogens is 1. The molecule has 92 valence electrons. The number of hydrogen-bond donors (Lipinski definition) is 1. The Kier molecular flexibility index (Phi) is 3.00. The van der Waals surface area contributed by atoms with E-state index in [-0.39, 0.29) is 0 Å². The Morgan fingerprint density at radius 2 is 1.67 bits per heavy atom. The van der Waals surface area contributed by atoms with Gasteiger partial charge in [-0.05, 0) is 48.6 Å². The largest absolute Gasteiger partial charge is 0.381 e. The van der Waals surface area contributed by atoms with Crippen LogP contribution in [-0.4, -0.2) is 6.04 Å². The van der Waals surface area contributed by atoms with E-state index in [1.165, 1.54) is 11.1 Å². The predicted octanol–water partition coefficient (Wildman–Crippen LogP) is 4.23. The molecule has 2 heteroatoms. The SMILES string of the molecule is Cc1c(Cl)cccc1NC1Cc2ccccc2C1. The van der Waals surface area contributed by atoms with Crippen LogP contribution in [0.25, 0.3) is 0 Å². The fourth-order valence-corrected chi connectivity index (χ4v) is 2.82. The summed E-state index contributed by atoms with van der Waals surface area (Å²) in [5, 5.41) is 4.44. The van der Waals surface area contributed by atoms with E-state index in [0.717, 1.165) is 29.1 Å². The lowest BCUT2D eigenvalue weighted by atomic mass is 10.1. The minimum Gasteiger partial charge on any atom is -0.381 e. The first kappa shape index (κ1) is 11.6. The van der Waals surface area contributed by atoms with Crippen LogP contribution in [0.5, 0.6) is 0 Å². The molecule has 0 saturated carbocycles. The van der Waals surface area contributed by atoms with Gasteiger partial charge in [-0.2, -0.15) is 0 Å². The molecule has 0 atom stereocenters. The molecule has 0 amide bonds. The van der Waals surface area contributed by atoms with Crippen molar-refractivity contribution in [2.75, 3.05) is 5.32 Å². The summed E-state index contributed by atoms with van der Waals surface area (Å²) in [6, 6.07) is 15.2. The molecule has 1 nitrogen and oxygen atoms in total. The first-order chi connectivity index (χ1) is 8.74. The van der Waals surface area contributed by atoms with Gasteiger partial charge in [0.1, 0.15) is 0 Å². The fraction of sp³-hybridized carbons (Fsp3) is 0.250. The van der Waals surface area contributed by atoms with E-state index in [0.29, 0.717) is 6.04 Å². The van der Waals surface area contributed by atoms with Crippen LogP contribution < -0.4 is 5.32 Å². The normalized spacial score (nSPS) is 14.6. The van der Waals surface area contributed by atoms with Gasteiger partial charge in [-0.3, -0.25) is 0 Å². The van der Waals surface area contributed by atoms with Gasteiger partial charge in [-0.1, -0.05) is 41.9 Å². The van der Waals surface area contributed by atoms with E-state index in [1.807, 2.05) is 12.1 Å². The second-order valence-electron chi connectivity index (χ2n) is 4.93. The third kappa shape index (κ3) is 2.11. The summed E-state index contributed by atoms with van der Waals surface area (Å²) in [7, 11) is 0. The molecule has 0 radical (unpaired) electrons. The van der Waals surface area contributed by atoms with Gasteiger partial charge in [0.05, 0.1) is 0 Å². The highest BCUT2D eigenvalue weighted by molar-refractivity contribution is 6.31. The molecule has 18 heavy (non-hydrogen) atoms. The maximum absolute atomic E-state index is 6.15. The molecule has 0 fully saturated rings. The molecule has 3 rings (SSSR count). The number of rotatable bonds is 2. The first-order valence-electron chi connectivity index (χ1n) is 6.32. The van der Waals surface area contributed by atoms with Crippen LogP contribution in [0.3, 0.4) is 0 Å². The monoisotopic (exact) mass is 257 g/mol. The molecule has 1 N–H and O–H groups in total. The highest BCUT2D eigenvalue weighted by Gasteiger charge is 2.21. The van der Waals surface area contributed by atoms with Crippen LogP contribution in [0, 0.1) is 6.92 Å². The molecule has 0 saturated heterocycles. The molecular weight excluding hydrogens is 242 g/mol. The number of hydrogen-bond acceptors (Lipinski definition) is 1. The fourth-order valence-electron chi connectivity index (χ4n) is 2.64. The topological polar surface area (TPSA) is 12.0 Å². The van der Waals surface area contributed by atoms with E-state index in [4.69, 9.17) is 11.6 Å². The highest BCUT2D eigenvalue weighted by Crippen LogP contribution is 2.28. The zero-order valence-corrected chi connectivity index (χ0v) is 11.2. The molecule has 0 aromatic heterocycles. The summed E-state index contributed by atoms with van der Waals surface area (Å²) in [5.41, 5.74) is 5.22. The molecule has 1 aliphatic carbocycles. The Hall–Kier alpha value is -1.47. The van der Waals surface area contributed by atoms with Crippen LogP contribution in [0.2, 0.25) is 5.02 Å². The Morgan fingerprint density at radius 1 is 1.00 bits per heavy atom. The van der Waals surface area contributed by atoms with E-state index in [1.54, 1.807) is 0 Å². The van der Waals surface area contributed by atoms with Crippen molar-refractivity contribution in [3.8, 4) is 0 Å². The molecule has 1 aliphatic rings. The number of fused-ring (bicyclic) bond motifs is 1. The lowest BCUT2D eigenvalue weighted by molar-refractivity contribution is 0.773. The van der Waals surface area contributed by atoms with Crippen molar-refractivity contribution in [3.63, 3.8) is 0 Å². The Balaban J connectivity index is 1.78. The van der Waals surface area contributed by atoms with Crippen molar-refractivity contribution >= 4 is 17.3 Å². The molecule has 0 bridgehead atoms. The maximum atomic E-state index is 6.15. The van der Waals surface area contributed by atoms with E-state index in [9.17, 15) is 0 Å². The van der Waals surface area contributed by atoms with Gasteiger partial charge in [-0.15, -0.1) is 0 Å². The minimum absolute atomic E-state index is 0.486. The zero-order valence-electron chi connectivity index (χ0n) is 10.4. The second-order valence-corrected chi connectivity index (χ2v) is 5.34. The van der Waals surface area contributed by atoms with Crippen LogP contribution >= 0.6 is 11.6 Å². The highest BCUT2D eigenvalue weighted by atomic mass is 35.5. The molecule has 0 heterocycles. The summed E-state index contributed by atoms with van der Waals surface area (Å²) in [4.78, 5) is 0. The maximum Gasteiger partial charge on any atom is 0.0455 e. The Labute approximate surface area is 113 Å². The van der Waals surface area contributed by atoms with E-state index < -0.39 is 0 Å². The average molecular weight is 258 g/mol. The smallest absolute Gasteiger partial charge is 0.0455 e. The number of anilines is 1. The van der Waals surface area contributed by atoms with Crippen LogP contribution in [0.1, 0.15) is 16.7 Å². The lowest BCUT2D eigenvalue weighted by Gasteiger charge is -2.16. The third-order valence-corrected chi connectivity index (χ3v) is 4.09. The van der Waals surface area contributed by atoms with Gasteiger partial charge >= 0.3 is 0 Å². The second kappa shape index (κ2) is 4.66. The number of benzene rings is 2. The third-order valence-electron chi connectivity index (χ3n) is 3.68. The van der Waals surface area contributed by atoms with Crippen LogP contribution in [0.4, 0.5) is 5.69 Å². The van der Waals surface area contributed by atoms with Crippen molar-refractivity contribution in [2.45, 2.75) is 25.8 Å². The minimum atomic E-state index is 0.486. The Bertz CT molecular complexity index is 552. The lowest BCUT2D eigenvalue weighted by Crippen LogP contribution is -2.20. The van der Waals surface area contributed by atoms with Crippen LogP contribution in [0.15, 0.2) is 42.5 Å². The summed E-state index contributed by atoms with van der Waals surface area (Å²) in [5.74, 6) is 0. The molecular formula is C16H16ClN. The van der Waals surface area contributed by atoms with Crippen LogP contribution in [-0.2, 0) is 12.8 Å². The average Bonchev–Trinajstić information content (AvgIpc) is 2.77. The molecule has 0 spiro atoms. The predicted molar refractivity (Wildman–Crippen MR) is 77.4 cm³/mol. The molecule has 2 aromatic rings.